The van der Waals surface area contributed by atoms with Gasteiger partial charge in [-0.25, -0.2) is 9.69 Å². The summed E-state index contributed by atoms with van der Waals surface area (Å²) in [6.45, 7) is 1.40. The molecule has 1 aromatic rings. The molecule has 2 rings (SSSR count). The summed E-state index contributed by atoms with van der Waals surface area (Å²) in [6.07, 6.45) is -1.56. The number of aliphatic hydroxyl groups excluding tert-OH is 1. The summed E-state index contributed by atoms with van der Waals surface area (Å²) in [7, 11) is 0. The Morgan fingerprint density at radius 3 is 2.82 bits per heavy atom. The second-order valence-corrected chi connectivity index (χ2v) is 5.02. The molecule has 1 aliphatic heterocycles. The van der Waals surface area contributed by atoms with Gasteiger partial charge in [0.25, 0.3) is 0 Å². The first-order valence-electron chi connectivity index (χ1n) is 6.80. The predicted molar refractivity (Wildman–Crippen MR) is 76.7 cm³/mol. The van der Waals surface area contributed by atoms with E-state index in [1.807, 2.05) is 30.3 Å². The quantitative estimate of drug-likeness (QED) is 0.505. The molecule has 1 heterocycles. The van der Waals surface area contributed by atoms with Crippen molar-refractivity contribution in [1.82, 2.24) is 4.90 Å². The van der Waals surface area contributed by atoms with Crippen LogP contribution >= 0.6 is 0 Å². The van der Waals surface area contributed by atoms with Crippen LogP contribution in [-0.4, -0.2) is 46.8 Å². The molecule has 3 atom stereocenters. The molecule has 3 unspecified atom stereocenters. The summed E-state index contributed by atoms with van der Waals surface area (Å²) in [5.74, 6) is -0.753. The monoisotopic (exact) mass is 304 g/mol. The average Bonchev–Trinajstić information content (AvgIpc) is 2.85. The third kappa shape index (κ3) is 3.36. The molecule has 1 fully saturated rings. The smallest absolute Gasteiger partial charge is 0.416 e. The van der Waals surface area contributed by atoms with Crippen molar-refractivity contribution in [3.8, 4) is 0 Å². The highest BCUT2D eigenvalue weighted by molar-refractivity contribution is 5.96. The lowest BCUT2D eigenvalue weighted by molar-refractivity contribution is -0.132. The fraction of sp³-hybridized carbons (Fsp3) is 0.429. The van der Waals surface area contributed by atoms with Gasteiger partial charge in [0.1, 0.15) is 12.6 Å². The van der Waals surface area contributed by atoms with Crippen LogP contribution in [0.15, 0.2) is 35.4 Å². The molecule has 1 aromatic carbocycles. The number of carbonyl (C=O) groups excluding carboxylic acids is 2. The highest BCUT2D eigenvalue weighted by Crippen LogP contribution is 2.20. The van der Waals surface area contributed by atoms with Gasteiger partial charge in [-0.05, 0) is 24.4 Å². The molecule has 0 spiro atoms. The molecule has 22 heavy (non-hydrogen) atoms. The zero-order chi connectivity index (χ0) is 16.1. The van der Waals surface area contributed by atoms with Crippen LogP contribution in [0.3, 0.4) is 0 Å². The number of ether oxygens (including phenoxy) is 1. The molecule has 0 radical (unpaired) electrons. The maximum Gasteiger partial charge on any atom is 0.416 e. The third-order valence-electron chi connectivity index (χ3n) is 3.40. The first-order chi connectivity index (χ1) is 10.5. The summed E-state index contributed by atoms with van der Waals surface area (Å²) >= 11 is 0. The van der Waals surface area contributed by atoms with Crippen molar-refractivity contribution in [2.75, 3.05) is 6.61 Å². The van der Waals surface area contributed by atoms with E-state index in [0.29, 0.717) is 6.42 Å². The van der Waals surface area contributed by atoms with Gasteiger partial charge in [0, 0.05) is 4.91 Å². The summed E-state index contributed by atoms with van der Waals surface area (Å²) in [6, 6.07) is 7.51. The Kier molecular flexibility index (Phi) is 4.98. The van der Waals surface area contributed by atoms with Crippen LogP contribution < -0.4 is 0 Å². The van der Waals surface area contributed by atoms with Crippen molar-refractivity contribution in [3.05, 3.63) is 46.3 Å². The molecule has 0 aliphatic carbocycles. The third-order valence-corrected chi connectivity index (χ3v) is 3.40. The molecule has 116 valence electrons. The molecular formula is C14H16N4O4. The minimum absolute atomic E-state index is 0.0717. The first kappa shape index (κ1) is 15.8. The number of hydrogen-bond acceptors (Lipinski definition) is 5. The number of benzene rings is 1. The Morgan fingerprint density at radius 1 is 1.55 bits per heavy atom. The van der Waals surface area contributed by atoms with Gasteiger partial charge in [-0.3, -0.25) is 4.79 Å². The first-order valence-corrected chi connectivity index (χ1v) is 6.80. The van der Waals surface area contributed by atoms with Crippen LogP contribution in [0, 0.1) is 0 Å². The molecule has 0 bridgehead atoms. The summed E-state index contributed by atoms with van der Waals surface area (Å²) in [4.78, 5) is 27.7. The highest BCUT2D eigenvalue weighted by Gasteiger charge is 2.41. The molecule has 0 saturated carbocycles. The minimum atomic E-state index is -1.35. The number of cyclic esters (lactones) is 1. The molecule has 1 saturated heterocycles. The lowest BCUT2D eigenvalue weighted by atomic mass is 10.0. The number of azide groups is 1. The second-order valence-electron chi connectivity index (χ2n) is 5.02. The van der Waals surface area contributed by atoms with Crippen molar-refractivity contribution >= 4 is 12.0 Å². The van der Waals surface area contributed by atoms with Crippen molar-refractivity contribution in [2.24, 2.45) is 5.11 Å². The molecule has 2 amide bonds. The second kappa shape index (κ2) is 6.93. The fourth-order valence-corrected chi connectivity index (χ4v) is 2.32. The topological polar surface area (TPSA) is 116 Å². The van der Waals surface area contributed by atoms with E-state index >= 15 is 0 Å². The van der Waals surface area contributed by atoms with Crippen LogP contribution in [0.2, 0.25) is 0 Å². The molecule has 1 aliphatic rings. The Balaban J connectivity index is 2.20. The molecule has 0 aromatic heterocycles. The normalized spacial score (nSPS) is 20.0. The number of aliphatic hydroxyl groups is 1. The largest absolute Gasteiger partial charge is 0.447 e. The van der Waals surface area contributed by atoms with Gasteiger partial charge in [0.05, 0.1) is 12.1 Å². The van der Waals surface area contributed by atoms with E-state index < -0.39 is 30.2 Å². The molecule has 1 N–H and O–H groups in total. The Labute approximate surface area is 126 Å². The van der Waals surface area contributed by atoms with Gasteiger partial charge < -0.3 is 9.84 Å². The van der Waals surface area contributed by atoms with Crippen molar-refractivity contribution in [1.29, 1.82) is 0 Å². The Bertz CT molecular complexity index is 598. The van der Waals surface area contributed by atoms with E-state index in [9.17, 15) is 14.7 Å². The van der Waals surface area contributed by atoms with E-state index in [-0.39, 0.29) is 6.61 Å². The van der Waals surface area contributed by atoms with E-state index in [1.165, 1.54) is 6.92 Å². The molecular weight excluding hydrogens is 288 g/mol. The predicted octanol–water partition coefficient (Wildman–Crippen LogP) is 1.64. The number of amides is 2. The van der Waals surface area contributed by atoms with E-state index in [2.05, 4.69) is 10.0 Å². The van der Waals surface area contributed by atoms with Gasteiger partial charge in [-0.15, -0.1) is 0 Å². The molecule has 8 heteroatoms. The summed E-state index contributed by atoms with van der Waals surface area (Å²) < 4.78 is 4.93. The van der Waals surface area contributed by atoms with Crippen LogP contribution in [0.4, 0.5) is 4.79 Å². The van der Waals surface area contributed by atoms with Gasteiger partial charge in [-0.1, -0.05) is 35.4 Å². The maximum atomic E-state index is 12.4. The number of nitrogens with zero attached hydrogens (tertiary/aromatic N) is 4. The van der Waals surface area contributed by atoms with E-state index in [0.717, 1.165) is 10.5 Å². The maximum absolute atomic E-state index is 12.4. The minimum Gasteiger partial charge on any atom is -0.447 e. The summed E-state index contributed by atoms with van der Waals surface area (Å²) in [5.41, 5.74) is 9.45. The van der Waals surface area contributed by atoms with Gasteiger partial charge in [0.2, 0.25) is 5.91 Å². The lowest BCUT2D eigenvalue weighted by Gasteiger charge is -2.23. The van der Waals surface area contributed by atoms with E-state index in [1.54, 1.807) is 0 Å². The van der Waals surface area contributed by atoms with Gasteiger partial charge in [-0.2, -0.15) is 0 Å². The number of hydrogen-bond donors (Lipinski definition) is 1. The highest BCUT2D eigenvalue weighted by atomic mass is 16.6. The van der Waals surface area contributed by atoms with Crippen LogP contribution in [-0.2, 0) is 16.0 Å². The zero-order valence-corrected chi connectivity index (χ0v) is 12.0. The van der Waals surface area contributed by atoms with Crippen molar-refractivity contribution in [3.63, 3.8) is 0 Å². The Morgan fingerprint density at radius 2 is 2.23 bits per heavy atom. The fourth-order valence-electron chi connectivity index (χ4n) is 2.32. The average molecular weight is 304 g/mol. The SMILES string of the molecule is CC(O)C(N=[N+]=[N-])C(=O)N1C(=O)OCC1Cc1ccccc1. The Hall–Kier alpha value is -2.57. The van der Waals surface area contributed by atoms with Crippen LogP contribution in [0.25, 0.3) is 10.4 Å². The van der Waals surface area contributed by atoms with Crippen LogP contribution in [0.5, 0.6) is 0 Å². The number of rotatable bonds is 5. The molecule has 8 nitrogen and oxygen atoms in total. The van der Waals surface area contributed by atoms with Gasteiger partial charge in [0.15, 0.2) is 0 Å². The lowest BCUT2D eigenvalue weighted by Crippen LogP contribution is -2.48. The van der Waals surface area contributed by atoms with Crippen molar-refractivity contribution in [2.45, 2.75) is 31.5 Å². The van der Waals surface area contributed by atoms with Crippen LogP contribution in [0.1, 0.15) is 12.5 Å². The summed E-state index contributed by atoms with van der Waals surface area (Å²) in [5, 5.41) is 12.8. The zero-order valence-electron chi connectivity index (χ0n) is 12.0. The van der Waals surface area contributed by atoms with Crippen molar-refractivity contribution < 1.29 is 19.4 Å². The number of carbonyl (C=O) groups is 2. The van der Waals surface area contributed by atoms with Gasteiger partial charge >= 0.3 is 6.09 Å². The number of imide groups is 1. The standard InChI is InChI=1S/C14H16N4O4/c1-9(19)12(16-17-15)13(20)18-11(8-22-14(18)21)7-10-5-3-2-4-6-10/h2-6,9,11-12,19H,7-8H2,1H3. The van der Waals surface area contributed by atoms with E-state index in [4.69, 9.17) is 10.3 Å².